The van der Waals surface area contributed by atoms with Gasteiger partial charge in [0.1, 0.15) is 18.0 Å². The molecule has 7 heteroatoms. The number of nitrogen functional groups attached to an aromatic ring is 1. The van der Waals surface area contributed by atoms with E-state index in [4.69, 9.17) is 5.73 Å². The van der Waals surface area contributed by atoms with Crippen LogP contribution in [0.5, 0.6) is 0 Å². The van der Waals surface area contributed by atoms with Gasteiger partial charge in [0, 0.05) is 49.7 Å². The first kappa shape index (κ1) is 17.2. The van der Waals surface area contributed by atoms with E-state index >= 15 is 0 Å². The van der Waals surface area contributed by atoms with Crippen LogP contribution in [-0.4, -0.2) is 46.1 Å². The normalized spacial score (nSPS) is 14.4. The van der Waals surface area contributed by atoms with Gasteiger partial charge < -0.3 is 15.5 Å². The molecule has 0 amide bonds. The van der Waals surface area contributed by atoms with Crippen LogP contribution in [0.4, 0.5) is 17.3 Å². The zero-order valence-corrected chi connectivity index (χ0v) is 15.4. The van der Waals surface area contributed by atoms with Crippen molar-refractivity contribution in [1.29, 1.82) is 0 Å². The number of nitrogens with zero attached hydrogens (tertiary/aromatic N) is 6. The molecule has 1 aliphatic heterocycles. The van der Waals surface area contributed by atoms with Crippen molar-refractivity contribution in [2.75, 3.05) is 41.7 Å². The highest BCUT2D eigenvalue weighted by Crippen LogP contribution is 2.32. The van der Waals surface area contributed by atoms with Crippen molar-refractivity contribution in [3.8, 4) is 11.1 Å². The van der Waals surface area contributed by atoms with Crippen LogP contribution in [0.25, 0.3) is 11.1 Å². The quantitative estimate of drug-likeness (QED) is 0.764. The SMILES string of the molecule is CCc1ncnc(N2CCN(c3cccnc3)CC2)c1-c1ccc(N)nc1. The largest absolute Gasteiger partial charge is 0.384 e. The lowest BCUT2D eigenvalue weighted by atomic mass is 10.0. The molecule has 3 aromatic rings. The van der Waals surface area contributed by atoms with Gasteiger partial charge in [0.05, 0.1) is 17.6 Å². The predicted molar refractivity (Wildman–Crippen MR) is 108 cm³/mol. The molecule has 7 nitrogen and oxygen atoms in total. The van der Waals surface area contributed by atoms with E-state index in [1.54, 1.807) is 12.5 Å². The zero-order valence-electron chi connectivity index (χ0n) is 15.4. The van der Waals surface area contributed by atoms with Gasteiger partial charge in [0.2, 0.25) is 0 Å². The number of hydrogen-bond donors (Lipinski definition) is 1. The van der Waals surface area contributed by atoms with Gasteiger partial charge in [-0.1, -0.05) is 6.92 Å². The van der Waals surface area contributed by atoms with Crippen molar-refractivity contribution < 1.29 is 0 Å². The summed E-state index contributed by atoms with van der Waals surface area (Å²) < 4.78 is 0. The van der Waals surface area contributed by atoms with Crippen LogP contribution in [0.2, 0.25) is 0 Å². The molecule has 0 unspecified atom stereocenters. The lowest BCUT2D eigenvalue weighted by molar-refractivity contribution is 0.646. The van der Waals surface area contributed by atoms with Crippen molar-refractivity contribution in [1.82, 2.24) is 19.9 Å². The maximum absolute atomic E-state index is 5.76. The number of pyridine rings is 2. The maximum Gasteiger partial charge on any atom is 0.140 e. The first-order valence-corrected chi connectivity index (χ1v) is 9.22. The molecule has 1 saturated heterocycles. The fourth-order valence-corrected chi connectivity index (χ4v) is 3.49. The van der Waals surface area contributed by atoms with E-state index in [1.165, 1.54) is 0 Å². The Morgan fingerprint density at radius 2 is 1.78 bits per heavy atom. The molecule has 0 saturated carbocycles. The zero-order chi connectivity index (χ0) is 18.6. The van der Waals surface area contributed by atoms with Gasteiger partial charge in [-0.25, -0.2) is 15.0 Å². The molecule has 0 radical (unpaired) electrons. The monoisotopic (exact) mass is 361 g/mol. The molecule has 138 valence electrons. The lowest BCUT2D eigenvalue weighted by Gasteiger charge is -2.37. The van der Waals surface area contributed by atoms with E-state index in [1.807, 2.05) is 30.6 Å². The van der Waals surface area contributed by atoms with Gasteiger partial charge in [-0.3, -0.25) is 4.98 Å². The summed E-state index contributed by atoms with van der Waals surface area (Å²) in [6.45, 7) is 5.75. The Morgan fingerprint density at radius 1 is 0.963 bits per heavy atom. The first-order valence-electron chi connectivity index (χ1n) is 9.22. The topological polar surface area (TPSA) is 84.1 Å². The summed E-state index contributed by atoms with van der Waals surface area (Å²) in [4.78, 5) is 22.3. The Morgan fingerprint density at radius 3 is 2.44 bits per heavy atom. The molecule has 0 aliphatic carbocycles. The van der Waals surface area contributed by atoms with E-state index in [9.17, 15) is 0 Å². The van der Waals surface area contributed by atoms with Gasteiger partial charge >= 0.3 is 0 Å². The average molecular weight is 361 g/mol. The summed E-state index contributed by atoms with van der Waals surface area (Å²) in [6, 6.07) is 7.90. The van der Waals surface area contributed by atoms with Crippen LogP contribution in [0.3, 0.4) is 0 Å². The van der Waals surface area contributed by atoms with Crippen LogP contribution in [0, 0.1) is 0 Å². The van der Waals surface area contributed by atoms with E-state index in [2.05, 4.69) is 42.7 Å². The lowest BCUT2D eigenvalue weighted by Crippen LogP contribution is -2.47. The Bertz CT molecular complexity index is 888. The average Bonchev–Trinajstić information content (AvgIpc) is 2.74. The third-order valence-electron chi connectivity index (χ3n) is 4.91. The van der Waals surface area contributed by atoms with Crippen molar-refractivity contribution >= 4 is 17.3 Å². The number of nitrogens with two attached hydrogens (primary N) is 1. The number of anilines is 3. The molecule has 27 heavy (non-hydrogen) atoms. The smallest absolute Gasteiger partial charge is 0.140 e. The van der Waals surface area contributed by atoms with Crippen LogP contribution in [0.1, 0.15) is 12.6 Å². The summed E-state index contributed by atoms with van der Waals surface area (Å²) in [5.41, 5.74) is 10.0. The van der Waals surface area contributed by atoms with Crippen LogP contribution in [0.15, 0.2) is 49.2 Å². The fraction of sp³-hybridized carbons (Fsp3) is 0.300. The van der Waals surface area contributed by atoms with Crippen molar-refractivity contribution in [3.63, 3.8) is 0 Å². The Balaban J connectivity index is 1.62. The molecule has 2 N–H and O–H groups in total. The second kappa shape index (κ2) is 7.57. The summed E-state index contributed by atoms with van der Waals surface area (Å²) in [7, 11) is 0. The van der Waals surface area contributed by atoms with E-state index in [0.29, 0.717) is 5.82 Å². The van der Waals surface area contributed by atoms with E-state index in [0.717, 1.165) is 60.9 Å². The molecule has 0 spiro atoms. The van der Waals surface area contributed by atoms with Crippen LogP contribution in [-0.2, 0) is 6.42 Å². The second-order valence-corrected chi connectivity index (χ2v) is 6.53. The van der Waals surface area contributed by atoms with Gasteiger partial charge in [-0.2, -0.15) is 0 Å². The van der Waals surface area contributed by atoms with Gasteiger partial charge in [0.25, 0.3) is 0 Å². The van der Waals surface area contributed by atoms with Gasteiger partial charge in [-0.05, 0) is 30.7 Å². The molecule has 0 atom stereocenters. The van der Waals surface area contributed by atoms with E-state index < -0.39 is 0 Å². The molecule has 4 rings (SSSR count). The highest BCUT2D eigenvalue weighted by atomic mass is 15.3. The standard InChI is InChI=1S/C20H23N7/c1-2-17-19(15-5-6-18(21)23-12-15)20(25-14-24-17)27-10-8-26(9-11-27)16-4-3-7-22-13-16/h3-7,12-14H,2,8-11H2,1H3,(H2,21,23). The minimum atomic E-state index is 0.514. The molecule has 0 bridgehead atoms. The minimum Gasteiger partial charge on any atom is -0.384 e. The number of piperazine rings is 1. The highest BCUT2D eigenvalue weighted by molar-refractivity contribution is 5.78. The molecular formula is C20H23N7. The molecule has 1 aliphatic rings. The van der Waals surface area contributed by atoms with E-state index in [-0.39, 0.29) is 0 Å². The Hall–Kier alpha value is -3.22. The van der Waals surface area contributed by atoms with Crippen molar-refractivity contribution in [2.24, 2.45) is 0 Å². The summed E-state index contributed by atoms with van der Waals surface area (Å²) in [5.74, 6) is 1.49. The first-order chi connectivity index (χ1) is 13.3. The number of aromatic nitrogens is 4. The molecule has 1 fully saturated rings. The Kier molecular flexibility index (Phi) is 4.82. The number of hydrogen-bond acceptors (Lipinski definition) is 7. The van der Waals surface area contributed by atoms with Crippen LogP contribution >= 0.6 is 0 Å². The van der Waals surface area contributed by atoms with Crippen molar-refractivity contribution in [3.05, 3.63) is 54.9 Å². The predicted octanol–water partition coefficient (Wildman–Crippen LogP) is 2.40. The number of aryl methyl sites for hydroxylation is 1. The van der Waals surface area contributed by atoms with Gasteiger partial charge in [0.15, 0.2) is 0 Å². The molecule has 3 aromatic heterocycles. The maximum atomic E-state index is 5.76. The van der Waals surface area contributed by atoms with Crippen LogP contribution < -0.4 is 15.5 Å². The minimum absolute atomic E-state index is 0.514. The summed E-state index contributed by atoms with van der Waals surface area (Å²) in [6.07, 6.45) is 8.03. The summed E-state index contributed by atoms with van der Waals surface area (Å²) >= 11 is 0. The second-order valence-electron chi connectivity index (χ2n) is 6.53. The highest BCUT2D eigenvalue weighted by Gasteiger charge is 2.23. The third-order valence-corrected chi connectivity index (χ3v) is 4.91. The Labute approximate surface area is 158 Å². The van der Waals surface area contributed by atoms with Gasteiger partial charge in [-0.15, -0.1) is 0 Å². The fourth-order valence-electron chi connectivity index (χ4n) is 3.49. The molecule has 0 aromatic carbocycles. The van der Waals surface area contributed by atoms with Crippen molar-refractivity contribution in [2.45, 2.75) is 13.3 Å². The summed E-state index contributed by atoms with van der Waals surface area (Å²) in [5, 5.41) is 0. The molecule has 4 heterocycles. The third kappa shape index (κ3) is 3.53. The molecular weight excluding hydrogens is 338 g/mol. The number of rotatable bonds is 4.